The van der Waals surface area contributed by atoms with Crippen LogP contribution in [0.4, 0.5) is 0 Å². The molecule has 0 radical (unpaired) electrons. The van der Waals surface area contributed by atoms with E-state index >= 15 is 0 Å². The largest absolute Gasteiger partial charge is 0.497 e. The molecule has 1 amide bonds. The highest BCUT2D eigenvalue weighted by atomic mass is 32.1. The van der Waals surface area contributed by atoms with E-state index in [4.69, 9.17) is 4.74 Å². The highest BCUT2D eigenvalue weighted by Crippen LogP contribution is 2.23. The van der Waals surface area contributed by atoms with Gasteiger partial charge in [-0.1, -0.05) is 17.4 Å². The summed E-state index contributed by atoms with van der Waals surface area (Å²) in [6.45, 7) is 6.93. The van der Waals surface area contributed by atoms with Gasteiger partial charge < -0.3 is 9.30 Å². The number of carbonyl (C=O) groups excluding carboxylic acids is 1. The molecular formula is C17H18N4O2S. The molecule has 1 aromatic carbocycles. The van der Waals surface area contributed by atoms with E-state index in [1.807, 2.05) is 29.7 Å². The maximum absolute atomic E-state index is 12.5. The molecule has 0 aliphatic carbocycles. The summed E-state index contributed by atoms with van der Waals surface area (Å²) in [5.41, 5.74) is 1.48. The molecular weight excluding hydrogens is 324 g/mol. The third-order valence-corrected chi connectivity index (χ3v) is 4.68. The monoisotopic (exact) mass is 342 g/mol. The Labute approximate surface area is 143 Å². The Kier molecular flexibility index (Phi) is 4.61. The first kappa shape index (κ1) is 16.2. The van der Waals surface area contributed by atoms with Crippen molar-refractivity contribution in [2.24, 2.45) is 4.99 Å². The van der Waals surface area contributed by atoms with Gasteiger partial charge >= 0.3 is 0 Å². The van der Waals surface area contributed by atoms with E-state index in [1.54, 1.807) is 30.1 Å². The van der Waals surface area contributed by atoms with Gasteiger partial charge in [0.1, 0.15) is 11.4 Å². The molecule has 0 saturated heterocycles. The minimum absolute atomic E-state index is 0.300. The quantitative estimate of drug-likeness (QED) is 0.670. The Hall–Kier alpha value is -2.67. The Morgan fingerprint density at radius 3 is 3.00 bits per heavy atom. The number of amides is 1. The van der Waals surface area contributed by atoms with Crippen LogP contribution in [0.5, 0.6) is 5.75 Å². The zero-order chi connectivity index (χ0) is 17.1. The molecule has 124 valence electrons. The molecule has 24 heavy (non-hydrogen) atoms. The molecule has 0 aliphatic rings. The molecule has 6 nitrogen and oxygen atoms in total. The number of thiazole rings is 1. The Bertz CT molecular complexity index is 965. The minimum atomic E-state index is -0.300. The van der Waals surface area contributed by atoms with Crippen molar-refractivity contribution in [2.45, 2.75) is 20.0 Å². The van der Waals surface area contributed by atoms with Gasteiger partial charge in [-0.05, 0) is 31.2 Å². The minimum Gasteiger partial charge on any atom is -0.497 e. The fourth-order valence-corrected chi connectivity index (χ4v) is 3.55. The van der Waals surface area contributed by atoms with Gasteiger partial charge in [-0.25, -0.2) is 0 Å². The van der Waals surface area contributed by atoms with E-state index in [2.05, 4.69) is 16.7 Å². The number of aryl methyl sites for hydroxylation is 1. The van der Waals surface area contributed by atoms with Crippen LogP contribution in [-0.2, 0) is 13.1 Å². The lowest BCUT2D eigenvalue weighted by Crippen LogP contribution is -2.17. The molecule has 3 rings (SSSR count). The van der Waals surface area contributed by atoms with E-state index in [0.29, 0.717) is 23.6 Å². The van der Waals surface area contributed by atoms with Crippen LogP contribution in [-0.4, -0.2) is 27.4 Å². The zero-order valence-corrected chi connectivity index (χ0v) is 14.4. The maximum Gasteiger partial charge on any atom is 0.297 e. The van der Waals surface area contributed by atoms with Crippen LogP contribution in [0.3, 0.4) is 0 Å². The molecule has 0 aliphatic heterocycles. The van der Waals surface area contributed by atoms with Crippen LogP contribution >= 0.6 is 11.3 Å². The van der Waals surface area contributed by atoms with Crippen molar-refractivity contribution in [3.05, 3.63) is 53.6 Å². The number of hydrogen-bond donors (Lipinski definition) is 0. The topological polar surface area (TPSA) is 61.4 Å². The van der Waals surface area contributed by atoms with Crippen LogP contribution in [0.15, 0.2) is 48.1 Å². The van der Waals surface area contributed by atoms with E-state index in [0.717, 1.165) is 16.0 Å². The SMILES string of the molecule is C=CCn1c(=NC(=O)c2ccnn2CC)sc2cc(OC)ccc21. The van der Waals surface area contributed by atoms with Gasteiger partial charge in [0.25, 0.3) is 5.91 Å². The second-order valence-electron chi connectivity index (χ2n) is 5.07. The van der Waals surface area contributed by atoms with Crippen molar-refractivity contribution in [3.63, 3.8) is 0 Å². The summed E-state index contributed by atoms with van der Waals surface area (Å²) < 4.78 is 9.88. The molecule has 3 aromatic rings. The summed E-state index contributed by atoms with van der Waals surface area (Å²) in [4.78, 5) is 17.5. The highest BCUT2D eigenvalue weighted by molar-refractivity contribution is 7.16. The average Bonchev–Trinajstić information content (AvgIpc) is 3.19. The number of carbonyl (C=O) groups is 1. The van der Waals surface area contributed by atoms with Gasteiger partial charge in [0.2, 0.25) is 0 Å². The van der Waals surface area contributed by atoms with Crippen LogP contribution in [0.25, 0.3) is 10.2 Å². The number of aromatic nitrogens is 3. The molecule has 0 spiro atoms. The number of allylic oxidation sites excluding steroid dienone is 1. The number of ether oxygens (including phenoxy) is 1. The summed E-state index contributed by atoms with van der Waals surface area (Å²) in [5, 5.41) is 4.12. The number of methoxy groups -OCH3 is 1. The van der Waals surface area contributed by atoms with Gasteiger partial charge in [-0.3, -0.25) is 9.48 Å². The standard InChI is InChI=1S/C17H18N4O2S/c1-4-10-20-13-7-6-12(23-3)11-15(13)24-17(20)19-16(22)14-8-9-18-21(14)5-2/h4,6-9,11H,1,5,10H2,2-3H3. The summed E-state index contributed by atoms with van der Waals surface area (Å²) in [7, 11) is 1.63. The molecule has 0 bridgehead atoms. The lowest BCUT2D eigenvalue weighted by Gasteiger charge is -2.03. The maximum atomic E-state index is 12.5. The van der Waals surface area contributed by atoms with Crippen molar-refractivity contribution in [2.75, 3.05) is 7.11 Å². The normalized spacial score (nSPS) is 11.8. The van der Waals surface area contributed by atoms with Crippen molar-refractivity contribution >= 4 is 27.5 Å². The molecule has 0 N–H and O–H groups in total. The second-order valence-corrected chi connectivity index (χ2v) is 6.08. The third-order valence-electron chi connectivity index (χ3n) is 3.63. The first-order chi connectivity index (χ1) is 11.7. The molecule has 0 saturated carbocycles. The van der Waals surface area contributed by atoms with Crippen molar-refractivity contribution in [1.82, 2.24) is 14.3 Å². The first-order valence-corrected chi connectivity index (χ1v) is 8.38. The second kappa shape index (κ2) is 6.84. The summed E-state index contributed by atoms with van der Waals surface area (Å²) in [6.07, 6.45) is 3.40. The van der Waals surface area contributed by atoms with E-state index in [1.165, 1.54) is 11.3 Å². The fourth-order valence-electron chi connectivity index (χ4n) is 2.48. The number of nitrogens with zero attached hydrogens (tertiary/aromatic N) is 4. The number of benzene rings is 1. The third kappa shape index (κ3) is 2.90. The van der Waals surface area contributed by atoms with Crippen LogP contribution in [0.2, 0.25) is 0 Å². The Balaban J connectivity index is 2.15. The van der Waals surface area contributed by atoms with Crippen LogP contribution in [0.1, 0.15) is 17.4 Å². The van der Waals surface area contributed by atoms with E-state index in [9.17, 15) is 4.79 Å². The first-order valence-electron chi connectivity index (χ1n) is 7.57. The van der Waals surface area contributed by atoms with Crippen molar-refractivity contribution in [1.29, 1.82) is 0 Å². The van der Waals surface area contributed by atoms with Crippen molar-refractivity contribution < 1.29 is 9.53 Å². The summed E-state index contributed by atoms with van der Waals surface area (Å²) >= 11 is 1.45. The molecule has 0 unspecified atom stereocenters. The smallest absolute Gasteiger partial charge is 0.297 e. The Morgan fingerprint density at radius 2 is 2.29 bits per heavy atom. The van der Waals surface area contributed by atoms with Crippen molar-refractivity contribution in [3.8, 4) is 5.75 Å². The van der Waals surface area contributed by atoms with Gasteiger partial charge in [0, 0.05) is 19.3 Å². The lowest BCUT2D eigenvalue weighted by atomic mass is 10.3. The summed E-state index contributed by atoms with van der Waals surface area (Å²) in [5.74, 6) is 0.474. The van der Waals surface area contributed by atoms with Crippen LogP contribution in [0, 0.1) is 0 Å². The number of rotatable bonds is 5. The van der Waals surface area contributed by atoms with Crippen LogP contribution < -0.4 is 9.54 Å². The fraction of sp³-hybridized carbons (Fsp3) is 0.235. The zero-order valence-electron chi connectivity index (χ0n) is 13.6. The molecule has 2 aromatic heterocycles. The highest BCUT2D eigenvalue weighted by Gasteiger charge is 2.12. The predicted octanol–water partition coefficient (Wildman–Crippen LogP) is 2.85. The van der Waals surface area contributed by atoms with E-state index < -0.39 is 0 Å². The average molecular weight is 342 g/mol. The number of fused-ring (bicyclic) bond motifs is 1. The number of hydrogen-bond acceptors (Lipinski definition) is 4. The molecule has 0 atom stereocenters. The van der Waals surface area contributed by atoms with Gasteiger partial charge in [0.05, 0.1) is 17.3 Å². The molecule has 0 fully saturated rings. The van der Waals surface area contributed by atoms with Gasteiger partial charge in [-0.2, -0.15) is 10.1 Å². The lowest BCUT2D eigenvalue weighted by molar-refractivity contribution is 0.0987. The van der Waals surface area contributed by atoms with Gasteiger partial charge in [-0.15, -0.1) is 6.58 Å². The van der Waals surface area contributed by atoms with E-state index in [-0.39, 0.29) is 5.91 Å². The van der Waals surface area contributed by atoms with Gasteiger partial charge in [0.15, 0.2) is 4.80 Å². The molecule has 7 heteroatoms. The Morgan fingerprint density at radius 1 is 1.46 bits per heavy atom. The predicted molar refractivity (Wildman–Crippen MR) is 94.4 cm³/mol. The summed E-state index contributed by atoms with van der Waals surface area (Å²) in [6, 6.07) is 7.49. The molecule has 2 heterocycles.